The number of rotatable bonds is 6. The Balaban J connectivity index is 1.53. The molecule has 0 bridgehead atoms. The molecule has 0 amide bonds. The third-order valence-electron chi connectivity index (χ3n) is 3.47. The highest BCUT2D eigenvalue weighted by atomic mass is 16.5. The Morgan fingerprint density at radius 1 is 1.17 bits per heavy atom. The molecule has 2 rings (SSSR count). The lowest BCUT2D eigenvalue weighted by atomic mass is 10.1. The van der Waals surface area contributed by atoms with E-state index < -0.39 is 0 Å². The van der Waals surface area contributed by atoms with Gasteiger partial charge in [0.2, 0.25) is 0 Å². The van der Waals surface area contributed by atoms with Crippen LogP contribution < -0.4 is 5.32 Å². The summed E-state index contributed by atoms with van der Waals surface area (Å²) in [5.41, 5.74) is 1.09. The van der Waals surface area contributed by atoms with Crippen molar-refractivity contribution in [1.29, 1.82) is 0 Å². The number of ether oxygens (including phenoxy) is 1. The number of hydrogen-bond acceptors (Lipinski definition) is 3. The van der Waals surface area contributed by atoms with E-state index in [-0.39, 0.29) is 0 Å². The van der Waals surface area contributed by atoms with Crippen LogP contribution in [0.15, 0.2) is 24.4 Å². The van der Waals surface area contributed by atoms with E-state index in [2.05, 4.69) is 10.3 Å². The van der Waals surface area contributed by atoms with E-state index in [9.17, 15) is 0 Å². The first-order valence-electron chi connectivity index (χ1n) is 7.17. The average molecular weight is 248 g/mol. The topological polar surface area (TPSA) is 34.1 Å². The molecule has 0 saturated heterocycles. The van der Waals surface area contributed by atoms with Crippen LogP contribution in [-0.2, 0) is 11.3 Å². The molecule has 1 aliphatic carbocycles. The van der Waals surface area contributed by atoms with E-state index in [0.29, 0.717) is 6.10 Å². The van der Waals surface area contributed by atoms with Crippen LogP contribution in [0.2, 0.25) is 0 Å². The van der Waals surface area contributed by atoms with Gasteiger partial charge in [-0.25, -0.2) is 0 Å². The highest BCUT2D eigenvalue weighted by molar-refractivity contribution is 5.02. The predicted molar refractivity (Wildman–Crippen MR) is 73.4 cm³/mol. The maximum Gasteiger partial charge on any atom is 0.0594 e. The minimum atomic E-state index is 0.504. The zero-order valence-electron chi connectivity index (χ0n) is 11.1. The molecule has 0 atom stereocenters. The normalized spacial score (nSPS) is 17.6. The summed E-state index contributed by atoms with van der Waals surface area (Å²) < 4.78 is 5.92. The zero-order chi connectivity index (χ0) is 12.5. The van der Waals surface area contributed by atoms with Gasteiger partial charge in [-0.15, -0.1) is 0 Å². The van der Waals surface area contributed by atoms with Crippen LogP contribution in [0.5, 0.6) is 0 Å². The summed E-state index contributed by atoms with van der Waals surface area (Å²) in [5.74, 6) is 0. The van der Waals surface area contributed by atoms with Crippen molar-refractivity contribution in [2.24, 2.45) is 0 Å². The third kappa shape index (κ3) is 5.15. The summed E-state index contributed by atoms with van der Waals surface area (Å²) in [6.45, 7) is 2.56. The summed E-state index contributed by atoms with van der Waals surface area (Å²) in [5, 5.41) is 3.37. The summed E-state index contributed by atoms with van der Waals surface area (Å²) in [7, 11) is 0. The fourth-order valence-electron chi connectivity index (χ4n) is 2.43. The summed E-state index contributed by atoms with van der Waals surface area (Å²) in [6.07, 6.45) is 10.3. The lowest BCUT2D eigenvalue weighted by molar-refractivity contribution is 0.0450. The largest absolute Gasteiger partial charge is 0.377 e. The molecule has 100 valence electrons. The van der Waals surface area contributed by atoms with Gasteiger partial charge in [-0.05, 0) is 25.0 Å². The van der Waals surface area contributed by atoms with Gasteiger partial charge < -0.3 is 10.1 Å². The van der Waals surface area contributed by atoms with E-state index in [1.54, 1.807) is 0 Å². The Hall–Kier alpha value is -0.930. The van der Waals surface area contributed by atoms with Crippen LogP contribution in [0, 0.1) is 0 Å². The predicted octanol–water partition coefficient (Wildman–Crippen LogP) is 2.91. The van der Waals surface area contributed by atoms with E-state index in [1.807, 2.05) is 24.4 Å². The summed E-state index contributed by atoms with van der Waals surface area (Å²) >= 11 is 0. The third-order valence-corrected chi connectivity index (χ3v) is 3.47. The molecule has 18 heavy (non-hydrogen) atoms. The maximum absolute atomic E-state index is 5.92. The van der Waals surface area contributed by atoms with Gasteiger partial charge in [0.05, 0.1) is 18.4 Å². The Morgan fingerprint density at radius 2 is 2.00 bits per heavy atom. The van der Waals surface area contributed by atoms with Gasteiger partial charge in [-0.3, -0.25) is 4.98 Å². The van der Waals surface area contributed by atoms with Crippen molar-refractivity contribution in [3.05, 3.63) is 30.1 Å². The minimum absolute atomic E-state index is 0.504. The molecule has 3 nitrogen and oxygen atoms in total. The number of nitrogens with zero attached hydrogens (tertiary/aromatic N) is 1. The molecule has 1 aromatic heterocycles. The molecule has 0 aliphatic heterocycles. The molecule has 3 heteroatoms. The second-order valence-corrected chi connectivity index (χ2v) is 4.98. The van der Waals surface area contributed by atoms with Crippen molar-refractivity contribution in [3.8, 4) is 0 Å². The lowest BCUT2D eigenvalue weighted by Gasteiger charge is -2.15. The molecule has 0 spiro atoms. The molecular weight excluding hydrogens is 224 g/mol. The Kier molecular flexibility index (Phi) is 6.17. The molecule has 0 aromatic carbocycles. The SMILES string of the molecule is c1ccc(CNCCOC2CCCCCC2)nc1. The first kappa shape index (κ1) is 13.5. The van der Waals surface area contributed by atoms with Gasteiger partial charge in [0.25, 0.3) is 0 Å². The lowest BCUT2D eigenvalue weighted by Crippen LogP contribution is -2.23. The summed E-state index contributed by atoms with van der Waals surface area (Å²) in [4.78, 5) is 4.28. The van der Waals surface area contributed by atoms with Gasteiger partial charge in [0.15, 0.2) is 0 Å². The fraction of sp³-hybridized carbons (Fsp3) is 0.667. The van der Waals surface area contributed by atoms with Gasteiger partial charge in [-0.1, -0.05) is 31.7 Å². The molecule has 1 aliphatic rings. The highest BCUT2D eigenvalue weighted by Crippen LogP contribution is 2.19. The number of pyridine rings is 1. The monoisotopic (exact) mass is 248 g/mol. The van der Waals surface area contributed by atoms with E-state index in [1.165, 1.54) is 38.5 Å². The number of nitrogens with one attached hydrogen (secondary N) is 1. The van der Waals surface area contributed by atoms with Crippen molar-refractivity contribution in [2.45, 2.75) is 51.2 Å². The smallest absolute Gasteiger partial charge is 0.0594 e. The standard InChI is InChI=1S/C15H24N2O/c1-2-4-9-15(8-3-1)18-12-11-16-13-14-7-5-6-10-17-14/h5-7,10,15-16H,1-4,8-9,11-13H2. The van der Waals surface area contributed by atoms with Crippen LogP contribution in [-0.4, -0.2) is 24.2 Å². The molecular formula is C15H24N2O. The van der Waals surface area contributed by atoms with Crippen LogP contribution >= 0.6 is 0 Å². The van der Waals surface area contributed by atoms with Crippen LogP contribution in [0.4, 0.5) is 0 Å². The Labute approximate surface area is 110 Å². The van der Waals surface area contributed by atoms with Gasteiger partial charge in [0.1, 0.15) is 0 Å². The molecule has 1 aromatic rings. The van der Waals surface area contributed by atoms with Crippen molar-refractivity contribution in [2.75, 3.05) is 13.2 Å². The molecule has 1 fully saturated rings. The molecule has 1 saturated carbocycles. The van der Waals surface area contributed by atoms with E-state index in [4.69, 9.17) is 4.74 Å². The second kappa shape index (κ2) is 8.22. The van der Waals surface area contributed by atoms with Gasteiger partial charge in [0, 0.05) is 19.3 Å². The highest BCUT2D eigenvalue weighted by Gasteiger charge is 2.11. The Bertz CT molecular complexity index is 308. The molecule has 0 radical (unpaired) electrons. The van der Waals surface area contributed by atoms with E-state index in [0.717, 1.165) is 25.4 Å². The van der Waals surface area contributed by atoms with Crippen LogP contribution in [0.3, 0.4) is 0 Å². The average Bonchev–Trinajstić information content (AvgIpc) is 2.68. The quantitative estimate of drug-likeness (QED) is 0.621. The van der Waals surface area contributed by atoms with Gasteiger partial charge >= 0.3 is 0 Å². The Morgan fingerprint density at radius 3 is 2.72 bits per heavy atom. The van der Waals surface area contributed by atoms with Crippen molar-refractivity contribution < 1.29 is 4.74 Å². The first-order chi connectivity index (χ1) is 8.95. The van der Waals surface area contributed by atoms with Crippen LogP contribution in [0.1, 0.15) is 44.2 Å². The maximum atomic E-state index is 5.92. The fourth-order valence-corrected chi connectivity index (χ4v) is 2.43. The van der Waals surface area contributed by atoms with Crippen molar-refractivity contribution in [1.82, 2.24) is 10.3 Å². The minimum Gasteiger partial charge on any atom is -0.377 e. The zero-order valence-corrected chi connectivity index (χ0v) is 11.1. The second-order valence-electron chi connectivity index (χ2n) is 4.98. The molecule has 1 heterocycles. The van der Waals surface area contributed by atoms with Crippen molar-refractivity contribution in [3.63, 3.8) is 0 Å². The molecule has 0 unspecified atom stereocenters. The van der Waals surface area contributed by atoms with Gasteiger partial charge in [-0.2, -0.15) is 0 Å². The van der Waals surface area contributed by atoms with Crippen LogP contribution in [0.25, 0.3) is 0 Å². The summed E-state index contributed by atoms with van der Waals surface area (Å²) in [6, 6.07) is 6.00. The number of aromatic nitrogens is 1. The van der Waals surface area contributed by atoms with E-state index >= 15 is 0 Å². The molecule has 1 N–H and O–H groups in total. The first-order valence-corrected chi connectivity index (χ1v) is 7.17. The van der Waals surface area contributed by atoms with Crippen molar-refractivity contribution >= 4 is 0 Å². The number of hydrogen-bond donors (Lipinski definition) is 1.